The fourth-order valence-electron chi connectivity index (χ4n) is 2.44. The molecule has 1 aliphatic heterocycles. The number of nitrogens with zero attached hydrogens (tertiary/aromatic N) is 2. The zero-order chi connectivity index (χ0) is 14.8. The van der Waals surface area contributed by atoms with E-state index in [2.05, 4.69) is 15.0 Å². The first kappa shape index (κ1) is 13.2. The molecule has 2 aliphatic rings. The third-order valence-electron chi connectivity index (χ3n) is 3.89. The number of hydrogen-bond acceptors (Lipinski definition) is 6. The second-order valence-electron chi connectivity index (χ2n) is 5.77. The van der Waals surface area contributed by atoms with Crippen LogP contribution in [0, 0.1) is 0 Å². The lowest BCUT2D eigenvalue weighted by Crippen LogP contribution is -2.33. The lowest BCUT2D eigenvalue weighted by Gasteiger charge is -2.10. The van der Waals surface area contributed by atoms with Gasteiger partial charge in [-0.05, 0) is 25.8 Å². The Morgan fingerprint density at radius 1 is 1.48 bits per heavy atom. The van der Waals surface area contributed by atoms with Crippen LogP contribution in [0.4, 0.5) is 5.95 Å². The van der Waals surface area contributed by atoms with Gasteiger partial charge >= 0.3 is 0 Å². The van der Waals surface area contributed by atoms with Crippen LogP contribution >= 0.6 is 11.3 Å². The Hall–Kier alpha value is -1.45. The van der Waals surface area contributed by atoms with E-state index in [0.29, 0.717) is 29.3 Å². The number of hydrogen-bond donors (Lipinski definition) is 2. The lowest BCUT2D eigenvalue weighted by atomic mass is 10.4. The van der Waals surface area contributed by atoms with Crippen molar-refractivity contribution >= 4 is 37.5 Å². The van der Waals surface area contributed by atoms with E-state index in [-0.39, 0.29) is 15.3 Å². The monoisotopic (exact) mass is 326 g/mol. The Balaban J connectivity index is 1.88. The highest BCUT2D eigenvalue weighted by molar-refractivity contribution is 7.91. The maximum Gasteiger partial charge on any atom is 0.283 e. The Labute approximate surface area is 125 Å². The summed E-state index contributed by atoms with van der Waals surface area (Å²) in [7, 11) is -3.58. The molecular formula is C12H14N4O3S2. The third-order valence-corrected chi connectivity index (χ3v) is 7.16. The van der Waals surface area contributed by atoms with Gasteiger partial charge in [-0.2, -0.15) is 4.98 Å². The van der Waals surface area contributed by atoms with Gasteiger partial charge in [-0.3, -0.25) is 4.79 Å². The van der Waals surface area contributed by atoms with Gasteiger partial charge in [0.1, 0.15) is 9.04 Å². The van der Waals surface area contributed by atoms with Crippen molar-refractivity contribution in [1.29, 1.82) is 0 Å². The number of fused-ring (bicyclic) bond motifs is 3. The highest BCUT2D eigenvalue weighted by Gasteiger charge is 2.41. The average Bonchev–Trinajstić information content (AvgIpc) is 2.83. The summed E-state index contributed by atoms with van der Waals surface area (Å²) in [5.74, 6) is 0.514. The largest absolute Gasteiger partial charge is 0.354 e. The van der Waals surface area contributed by atoms with Crippen molar-refractivity contribution < 1.29 is 8.42 Å². The van der Waals surface area contributed by atoms with E-state index in [1.165, 1.54) is 6.07 Å². The van der Waals surface area contributed by atoms with Gasteiger partial charge in [0.25, 0.3) is 15.6 Å². The van der Waals surface area contributed by atoms with Gasteiger partial charge in [-0.1, -0.05) is 0 Å². The molecule has 7 nitrogen and oxygen atoms in total. The number of sulfonamides is 1. The van der Waals surface area contributed by atoms with E-state index in [1.807, 2.05) is 11.5 Å². The van der Waals surface area contributed by atoms with E-state index in [9.17, 15) is 13.2 Å². The molecule has 0 bridgehead atoms. The fourth-order valence-corrected chi connectivity index (χ4v) is 5.38. The SMILES string of the molecule is CC1(NS(=O)(=O)c2cc3c(=O)nc4n(c3s2)CCN4)CC1. The van der Waals surface area contributed by atoms with Crippen LogP contribution in [0.1, 0.15) is 19.8 Å². The number of thiophene rings is 1. The molecule has 112 valence electrons. The molecule has 4 rings (SSSR count). The first-order valence-corrected chi connectivity index (χ1v) is 9.00. The van der Waals surface area contributed by atoms with Crippen molar-refractivity contribution in [2.24, 2.45) is 0 Å². The molecule has 3 heterocycles. The average molecular weight is 326 g/mol. The molecule has 1 saturated carbocycles. The van der Waals surface area contributed by atoms with Crippen molar-refractivity contribution in [3.63, 3.8) is 0 Å². The molecule has 0 unspecified atom stereocenters. The summed E-state index contributed by atoms with van der Waals surface area (Å²) < 4.78 is 29.6. The van der Waals surface area contributed by atoms with Gasteiger partial charge in [0.05, 0.1) is 5.39 Å². The summed E-state index contributed by atoms with van der Waals surface area (Å²) >= 11 is 1.12. The Kier molecular flexibility index (Phi) is 2.55. The van der Waals surface area contributed by atoms with Crippen molar-refractivity contribution in [2.45, 2.75) is 36.1 Å². The molecule has 0 radical (unpaired) electrons. The summed E-state index contributed by atoms with van der Waals surface area (Å²) in [4.78, 5) is 16.6. The maximum absolute atomic E-state index is 12.4. The molecule has 0 aromatic carbocycles. The molecule has 0 saturated heterocycles. The molecule has 0 spiro atoms. The van der Waals surface area contributed by atoms with Gasteiger partial charge in [0.15, 0.2) is 0 Å². The highest BCUT2D eigenvalue weighted by Crippen LogP contribution is 2.37. The van der Waals surface area contributed by atoms with Gasteiger partial charge in [-0.15, -0.1) is 11.3 Å². The number of rotatable bonds is 3. The summed E-state index contributed by atoms with van der Waals surface area (Å²) in [6.07, 6.45) is 1.69. The molecule has 9 heteroatoms. The van der Waals surface area contributed by atoms with E-state index in [1.54, 1.807) is 0 Å². The minimum absolute atomic E-state index is 0.178. The molecule has 0 atom stereocenters. The van der Waals surface area contributed by atoms with Gasteiger partial charge < -0.3 is 9.88 Å². The Morgan fingerprint density at radius 3 is 2.95 bits per heavy atom. The molecule has 1 fully saturated rings. The van der Waals surface area contributed by atoms with Gasteiger partial charge in [0, 0.05) is 18.6 Å². The van der Waals surface area contributed by atoms with Gasteiger partial charge in [0.2, 0.25) is 5.95 Å². The van der Waals surface area contributed by atoms with Crippen molar-refractivity contribution in [2.75, 3.05) is 11.9 Å². The van der Waals surface area contributed by atoms with Crippen LogP contribution in [0.2, 0.25) is 0 Å². The van der Waals surface area contributed by atoms with E-state index in [4.69, 9.17) is 0 Å². The fraction of sp³-hybridized carbons (Fsp3) is 0.500. The molecular weight excluding hydrogens is 312 g/mol. The van der Waals surface area contributed by atoms with Crippen molar-refractivity contribution in [1.82, 2.24) is 14.3 Å². The molecule has 21 heavy (non-hydrogen) atoms. The Bertz CT molecular complexity index is 908. The summed E-state index contributed by atoms with van der Waals surface area (Å²) in [5, 5.41) is 3.39. The van der Waals surface area contributed by atoms with Crippen LogP contribution in [-0.2, 0) is 16.6 Å². The van der Waals surface area contributed by atoms with Crippen molar-refractivity contribution in [3.8, 4) is 0 Å². The molecule has 2 aromatic rings. The van der Waals surface area contributed by atoms with Crippen LogP contribution in [0.15, 0.2) is 15.1 Å². The molecule has 2 N–H and O–H groups in total. The molecule has 0 amide bonds. The smallest absolute Gasteiger partial charge is 0.283 e. The second-order valence-corrected chi connectivity index (χ2v) is 8.71. The van der Waals surface area contributed by atoms with Crippen LogP contribution < -0.4 is 15.6 Å². The first-order valence-electron chi connectivity index (χ1n) is 6.70. The summed E-state index contributed by atoms with van der Waals surface area (Å²) in [5.41, 5.74) is -0.717. The van der Waals surface area contributed by atoms with Crippen LogP contribution in [-0.4, -0.2) is 30.1 Å². The number of aromatic nitrogens is 2. The standard InChI is InChI=1S/C12H14N4O3S2/c1-12(2-3-12)15-21(18,19)8-6-7-9(17)14-11-13-4-5-16(11)10(7)20-8/h6,15H,2-5H2,1H3,(H,13,14,17). The van der Waals surface area contributed by atoms with Crippen LogP contribution in [0.5, 0.6) is 0 Å². The van der Waals surface area contributed by atoms with Crippen molar-refractivity contribution in [3.05, 3.63) is 16.4 Å². The first-order chi connectivity index (χ1) is 9.88. The van der Waals surface area contributed by atoms with E-state index >= 15 is 0 Å². The maximum atomic E-state index is 12.4. The van der Waals surface area contributed by atoms with Crippen LogP contribution in [0.3, 0.4) is 0 Å². The minimum atomic E-state index is -3.58. The zero-order valence-corrected chi connectivity index (χ0v) is 13.0. The quantitative estimate of drug-likeness (QED) is 0.867. The van der Waals surface area contributed by atoms with Crippen LogP contribution in [0.25, 0.3) is 10.2 Å². The number of nitrogens with one attached hydrogen (secondary N) is 2. The number of anilines is 1. The molecule has 2 aromatic heterocycles. The third kappa shape index (κ3) is 2.07. The minimum Gasteiger partial charge on any atom is -0.354 e. The zero-order valence-electron chi connectivity index (χ0n) is 11.3. The highest BCUT2D eigenvalue weighted by atomic mass is 32.2. The molecule has 1 aliphatic carbocycles. The van der Waals surface area contributed by atoms with E-state index in [0.717, 1.165) is 24.2 Å². The predicted octanol–water partition coefficient (Wildman–Crippen LogP) is 0.714. The predicted molar refractivity (Wildman–Crippen MR) is 80.3 cm³/mol. The summed E-state index contributed by atoms with van der Waals surface area (Å²) in [6.45, 7) is 3.26. The normalized spacial score (nSPS) is 19.5. The Morgan fingerprint density at radius 2 is 2.24 bits per heavy atom. The lowest BCUT2D eigenvalue weighted by molar-refractivity contribution is 0.560. The topological polar surface area (TPSA) is 93.1 Å². The summed E-state index contributed by atoms with van der Waals surface area (Å²) in [6, 6.07) is 1.44. The van der Waals surface area contributed by atoms with E-state index < -0.39 is 10.0 Å². The van der Waals surface area contributed by atoms with Gasteiger partial charge in [-0.25, -0.2) is 13.1 Å². The second kappa shape index (κ2) is 4.05.